The second-order valence-corrected chi connectivity index (χ2v) is 9.72. The molecule has 178 valence electrons. The third-order valence-corrected chi connectivity index (χ3v) is 6.71. The molecule has 0 saturated heterocycles. The molecule has 5 nitrogen and oxygen atoms in total. The minimum atomic E-state index is -4.85. The van der Waals surface area contributed by atoms with Gasteiger partial charge in [-0.05, 0) is 72.3 Å². The molecule has 1 atom stereocenters. The number of hydrogen-bond donors (Lipinski definition) is 0. The Morgan fingerprint density at radius 1 is 0.941 bits per heavy atom. The van der Waals surface area contributed by atoms with Crippen LogP contribution in [0.2, 0.25) is 10.0 Å². The fourth-order valence-corrected chi connectivity index (χ4v) is 4.78. The van der Waals surface area contributed by atoms with E-state index < -0.39 is 34.1 Å². The Hall–Kier alpha value is -2.82. The van der Waals surface area contributed by atoms with E-state index >= 15 is 0 Å². The average molecular weight is 534 g/mol. The first kappa shape index (κ1) is 24.3. The summed E-state index contributed by atoms with van der Waals surface area (Å²) >= 11 is 11.8. The summed E-state index contributed by atoms with van der Waals surface area (Å²) in [5.74, 6) is -0.714. The lowest BCUT2D eigenvalue weighted by Gasteiger charge is -2.29. The molecule has 0 spiro atoms. The third kappa shape index (κ3) is 4.70. The van der Waals surface area contributed by atoms with Crippen molar-refractivity contribution in [1.29, 1.82) is 0 Å². The predicted octanol–water partition coefficient (Wildman–Crippen LogP) is 6.48. The van der Waals surface area contributed by atoms with E-state index in [0.717, 1.165) is 36.4 Å². The van der Waals surface area contributed by atoms with Crippen LogP contribution in [0, 0.1) is 5.82 Å². The number of benzene rings is 3. The van der Waals surface area contributed by atoms with Crippen molar-refractivity contribution < 1.29 is 35.0 Å². The Bertz CT molecular complexity index is 1340. The zero-order valence-electron chi connectivity index (χ0n) is 16.8. The first-order valence-corrected chi connectivity index (χ1v) is 11.6. The summed E-state index contributed by atoms with van der Waals surface area (Å²) in [6.45, 7) is 0. The minimum Gasteiger partial charge on any atom is -0.379 e. The highest BCUT2D eigenvalue weighted by atomic mass is 35.5. The summed E-state index contributed by atoms with van der Waals surface area (Å²) in [7, 11) is -4.24. The van der Waals surface area contributed by atoms with Gasteiger partial charge in [-0.2, -0.15) is 21.6 Å². The van der Waals surface area contributed by atoms with Gasteiger partial charge in [0.2, 0.25) is 0 Å². The van der Waals surface area contributed by atoms with Crippen molar-refractivity contribution in [1.82, 2.24) is 0 Å². The molecular weight excluding hydrogens is 521 g/mol. The standard InChI is InChI=1S/C22H13Cl2F4NO4S/c23-15-9-14(10-16(24)11-15)21(22(26,27)28)12-20(29-33-21)13-1-5-18(6-2-13)32-34(30,31)19-7-3-17(25)4-8-19/h1-11H,12H2. The highest BCUT2D eigenvalue weighted by Crippen LogP contribution is 2.49. The smallest absolute Gasteiger partial charge is 0.379 e. The van der Waals surface area contributed by atoms with Gasteiger partial charge in [0.05, 0.1) is 5.71 Å². The van der Waals surface area contributed by atoms with Crippen molar-refractivity contribution in [3.8, 4) is 5.75 Å². The number of alkyl halides is 3. The molecule has 34 heavy (non-hydrogen) atoms. The van der Waals surface area contributed by atoms with Crippen LogP contribution < -0.4 is 4.18 Å². The molecule has 1 aliphatic heterocycles. The maximum Gasteiger partial charge on any atom is 0.435 e. The second-order valence-electron chi connectivity index (χ2n) is 7.30. The highest BCUT2D eigenvalue weighted by molar-refractivity contribution is 7.87. The van der Waals surface area contributed by atoms with E-state index in [9.17, 15) is 26.0 Å². The molecule has 3 aromatic carbocycles. The van der Waals surface area contributed by atoms with Gasteiger partial charge in [-0.1, -0.05) is 28.4 Å². The summed E-state index contributed by atoms with van der Waals surface area (Å²) in [6.07, 6.45) is -5.51. The summed E-state index contributed by atoms with van der Waals surface area (Å²) in [5, 5.41) is 3.65. The van der Waals surface area contributed by atoms with Gasteiger partial charge in [-0.25, -0.2) is 4.39 Å². The summed E-state index contributed by atoms with van der Waals surface area (Å²) < 4.78 is 85.0. The van der Waals surface area contributed by atoms with Crippen LogP contribution in [-0.2, 0) is 20.6 Å². The molecule has 1 heterocycles. The lowest BCUT2D eigenvalue weighted by atomic mass is 9.86. The number of nitrogens with zero attached hydrogens (tertiary/aromatic N) is 1. The van der Waals surface area contributed by atoms with E-state index in [-0.39, 0.29) is 37.5 Å². The van der Waals surface area contributed by atoms with Crippen LogP contribution in [0.3, 0.4) is 0 Å². The van der Waals surface area contributed by atoms with Crippen molar-refractivity contribution in [3.05, 3.63) is 93.7 Å². The van der Waals surface area contributed by atoms with Gasteiger partial charge in [0.25, 0.3) is 5.60 Å². The molecule has 4 rings (SSSR count). The van der Waals surface area contributed by atoms with E-state index in [1.807, 2.05) is 0 Å². The summed E-state index contributed by atoms with van der Waals surface area (Å²) in [6, 6.07) is 12.7. The Morgan fingerprint density at radius 3 is 2.09 bits per heavy atom. The van der Waals surface area contributed by atoms with Crippen molar-refractivity contribution >= 4 is 39.0 Å². The van der Waals surface area contributed by atoms with Gasteiger partial charge in [-0.3, -0.25) is 0 Å². The van der Waals surface area contributed by atoms with Gasteiger partial charge in [0, 0.05) is 22.0 Å². The number of oxime groups is 1. The molecule has 0 bridgehead atoms. The topological polar surface area (TPSA) is 65.0 Å². The molecule has 1 aliphatic rings. The van der Waals surface area contributed by atoms with Crippen LogP contribution in [0.5, 0.6) is 5.75 Å². The molecule has 0 amide bonds. The molecule has 3 aromatic rings. The largest absolute Gasteiger partial charge is 0.435 e. The molecule has 0 N–H and O–H groups in total. The van der Waals surface area contributed by atoms with Gasteiger partial charge in [-0.15, -0.1) is 0 Å². The highest BCUT2D eigenvalue weighted by Gasteiger charge is 2.62. The first-order chi connectivity index (χ1) is 15.9. The first-order valence-electron chi connectivity index (χ1n) is 9.48. The molecule has 0 radical (unpaired) electrons. The zero-order valence-corrected chi connectivity index (χ0v) is 19.1. The Kier molecular flexibility index (Phi) is 6.26. The molecule has 1 unspecified atom stereocenters. The van der Waals surface area contributed by atoms with Crippen molar-refractivity contribution in [2.45, 2.75) is 23.1 Å². The van der Waals surface area contributed by atoms with E-state index in [4.69, 9.17) is 32.2 Å². The minimum absolute atomic E-state index is 0.00652. The monoisotopic (exact) mass is 533 g/mol. The Balaban J connectivity index is 1.57. The van der Waals surface area contributed by atoms with Crippen molar-refractivity contribution in [2.24, 2.45) is 5.16 Å². The zero-order chi connectivity index (χ0) is 24.7. The number of hydrogen-bond acceptors (Lipinski definition) is 5. The van der Waals surface area contributed by atoms with Crippen LogP contribution in [-0.4, -0.2) is 20.3 Å². The average Bonchev–Trinajstić information content (AvgIpc) is 3.21. The lowest BCUT2D eigenvalue weighted by molar-refractivity contribution is -0.275. The van der Waals surface area contributed by atoms with Crippen LogP contribution in [0.25, 0.3) is 0 Å². The van der Waals surface area contributed by atoms with E-state index in [1.54, 1.807) is 0 Å². The molecule has 0 aliphatic carbocycles. The normalized spacial score (nSPS) is 18.4. The van der Waals surface area contributed by atoms with Crippen LogP contribution in [0.15, 0.2) is 76.8 Å². The van der Waals surface area contributed by atoms with E-state index in [2.05, 4.69) is 5.16 Å². The Labute approximate surface area is 201 Å². The fraction of sp³-hybridized carbons (Fsp3) is 0.136. The molecule has 12 heteroatoms. The number of rotatable bonds is 5. The van der Waals surface area contributed by atoms with Crippen molar-refractivity contribution in [3.63, 3.8) is 0 Å². The third-order valence-electron chi connectivity index (χ3n) is 5.01. The van der Waals surface area contributed by atoms with Crippen molar-refractivity contribution in [2.75, 3.05) is 0 Å². The van der Waals surface area contributed by atoms with Gasteiger partial charge >= 0.3 is 16.3 Å². The SMILES string of the molecule is O=S(=O)(Oc1ccc(C2=NOC(c3cc(Cl)cc(Cl)c3)(C(F)(F)F)C2)cc1)c1ccc(F)cc1. The quantitative estimate of drug-likeness (QED) is 0.278. The van der Waals surface area contributed by atoms with Gasteiger partial charge in [0.15, 0.2) is 0 Å². The van der Waals surface area contributed by atoms with Gasteiger partial charge < -0.3 is 9.02 Å². The summed E-state index contributed by atoms with van der Waals surface area (Å²) in [5.41, 5.74) is -2.87. The molecule has 0 saturated carbocycles. The molecule has 0 aromatic heterocycles. The fourth-order valence-electron chi connectivity index (χ4n) is 3.32. The second kappa shape index (κ2) is 8.75. The lowest BCUT2D eigenvalue weighted by Crippen LogP contribution is -2.42. The van der Waals surface area contributed by atoms with Gasteiger partial charge in [0.1, 0.15) is 16.5 Å². The number of halogens is 6. The van der Waals surface area contributed by atoms with E-state index in [0.29, 0.717) is 0 Å². The molecule has 0 fully saturated rings. The van der Waals surface area contributed by atoms with Crippen LogP contribution in [0.4, 0.5) is 17.6 Å². The van der Waals surface area contributed by atoms with E-state index in [1.165, 1.54) is 30.3 Å². The Morgan fingerprint density at radius 2 is 1.53 bits per heavy atom. The van der Waals surface area contributed by atoms with Crippen LogP contribution in [0.1, 0.15) is 17.5 Å². The summed E-state index contributed by atoms with van der Waals surface area (Å²) in [4.78, 5) is 4.67. The van der Waals surface area contributed by atoms with Crippen LogP contribution >= 0.6 is 23.2 Å². The maximum absolute atomic E-state index is 14.1. The maximum atomic E-state index is 14.1. The molecular formula is C22H13Cl2F4NO4S. The predicted molar refractivity (Wildman–Crippen MR) is 117 cm³/mol.